The van der Waals surface area contributed by atoms with Gasteiger partial charge in [-0.1, -0.05) is 18.2 Å². The molecule has 2 aliphatic rings. The van der Waals surface area contributed by atoms with E-state index in [2.05, 4.69) is 27.6 Å². The van der Waals surface area contributed by atoms with E-state index in [1.54, 1.807) is 0 Å². The lowest BCUT2D eigenvalue weighted by molar-refractivity contribution is 0.0981. The van der Waals surface area contributed by atoms with Crippen molar-refractivity contribution in [3.05, 3.63) is 46.2 Å². The normalized spacial score (nSPS) is 16.7. The molecule has 0 amide bonds. The zero-order valence-corrected chi connectivity index (χ0v) is 11.6. The van der Waals surface area contributed by atoms with Crippen LogP contribution in [0, 0.1) is 0 Å². The van der Waals surface area contributed by atoms with Gasteiger partial charge in [0.15, 0.2) is 5.78 Å². The first-order chi connectivity index (χ1) is 10.3. The summed E-state index contributed by atoms with van der Waals surface area (Å²) in [6.07, 6.45) is 12.0. The molecular weight excluding hydrogens is 260 g/mol. The zero-order valence-electron chi connectivity index (χ0n) is 11.6. The number of nitrogens with zero attached hydrogens (tertiary/aromatic N) is 2. The molecule has 0 unspecified atom stereocenters. The third kappa shape index (κ3) is 1.33. The molecule has 21 heavy (non-hydrogen) atoms. The Balaban J connectivity index is 2.22. The van der Waals surface area contributed by atoms with Crippen LogP contribution in [0.1, 0.15) is 35.2 Å². The van der Waals surface area contributed by atoms with Crippen LogP contribution in [0.5, 0.6) is 0 Å². The molecule has 102 valence electrons. The summed E-state index contributed by atoms with van der Waals surface area (Å²) in [7, 11) is 0. The number of hydrogen-bond acceptors (Lipinski definition) is 2. The van der Waals surface area contributed by atoms with Crippen molar-refractivity contribution in [2.45, 2.75) is 25.7 Å². The van der Waals surface area contributed by atoms with E-state index >= 15 is 0 Å². The Morgan fingerprint density at radius 1 is 1.05 bits per heavy atom. The van der Waals surface area contributed by atoms with E-state index in [-0.39, 0.29) is 5.78 Å². The Morgan fingerprint density at radius 3 is 2.90 bits per heavy atom. The summed E-state index contributed by atoms with van der Waals surface area (Å²) in [5, 5.41) is 3.63. The fourth-order valence-corrected chi connectivity index (χ4v) is 3.80. The van der Waals surface area contributed by atoms with Crippen molar-refractivity contribution in [1.29, 1.82) is 0 Å². The van der Waals surface area contributed by atoms with Crippen molar-refractivity contribution < 1.29 is 4.79 Å². The molecule has 0 atom stereocenters. The van der Waals surface area contributed by atoms with Crippen molar-refractivity contribution in [1.82, 2.24) is 9.38 Å². The predicted octanol–water partition coefficient (Wildman–Crippen LogP) is 1.97. The molecule has 0 saturated heterocycles. The molecular formula is C18H14N2O. The number of ketones is 1. The monoisotopic (exact) mass is 274 g/mol. The van der Waals surface area contributed by atoms with Crippen molar-refractivity contribution >= 4 is 34.4 Å². The molecule has 5 rings (SSSR count). The molecule has 0 saturated carbocycles. The highest BCUT2D eigenvalue weighted by Crippen LogP contribution is 2.32. The van der Waals surface area contributed by atoms with Gasteiger partial charge in [-0.15, -0.1) is 0 Å². The van der Waals surface area contributed by atoms with Crippen molar-refractivity contribution in [3.8, 4) is 0 Å². The fourth-order valence-electron chi connectivity index (χ4n) is 3.80. The van der Waals surface area contributed by atoms with Gasteiger partial charge in [-0.05, 0) is 36.1 Å². The van der Waals surface area contributed by atoms with Gasteiger partial charge in [-0.25, -0.2) is 0 Å². The molecule has 0 N–H and O–H groups in total. The third-order valence-electron chi connectivity index (χ3n) is 4.74. The molecule has 0 bridgehead atoms. The van der Waals surface area contributed by atoms with Crippen LogP contribution >= 0.6 is 0 Å². The lowest BCUT2D eigenvalue weighted by Crippen LogP contribution is -2.30. The molecule has 0 spiro atoms. The maximum absolute atomic E-state index is 12.4. The number of aryl methyl sites for hydroxylation is 1. The van der Waals surface area contributed by atoms with Crippen LogP contribution < -0.4 is 10.6 Å². The minimum Gasteiger partial charge on any atom is -0.307 e. The molecule has 3 nitrogen and oxygen atoms in total. The molecule has 0 radical (unpaired) electrons. The Hall–Kier alpha value is -2.42. The van der Waals surface area contributed by atoms with Crippen LogP contribution in [0.25, 0.3) is 28.6 Å². The van der Waals surface area contributed by atoms with Crippen LogP contribution in [0.2, 0.25) is 0 Å². The highest BCUT2D eigenvalue weighted by Gasteiger charge is 2.24. The van der Waals surface area contributed by atoms with E-state index in [4.69, 9.17) is 0 Å². The molecule has 3 heteroatoms. The van der Waals surface area contributed by atoms with Gasteiger partial charge in [0.25, 0.3) is 0 Å². The second kappa shape index (κ2) is 3.82. The van der Waals surface area contributed by atoms with E-state index in [0.717, 1.165) is 35.9 Å². The number of carbonyl (C=O) groups is 1. The molecule has 0 aliphatic heterocycles. The molecule has 3 aromatic rings. The van der Waals surface area contributed by atoms with E-state index in [1.165, 1.54) is 21.5 Å². The summed E-state index contributed by atoms with van der Waals surface area (Å²) in [5.41, 5.74) is 4.39. The van der Waals surface area contributed by atoms with Gasteiger partial charge < -0.3 is 4.40 Å². The maximum atomic E-state index is 12.4. The highest BCUT2D eigenvalue weighted by atomic mass is 16.1. The second-order valence-corrected chi connectivity index (χ2v) is 5.87. The molecule has 0 aromatic carbocycles. The average Bonchev–Trinajstić information content (AvgIpc) is 3.02. The van der Waals surface area contributed by atoms with Crippen LogP contribution in [-0.4, -0.2) is 15.2 Å². The van der Waals surface area contributed by atoms with Gasteiger partial charge >= 0.3 is 0 Å². The zero-order chi connectivity index (χ0) is 14.0. The number of rotatable bonds is 0. The van der Waals surface area contributed by atoms with Gasteiger partial charge in [-0.2, -0.15) is 0 Å². The summed E-state index contributed by atoms with van der Waals surface area (Å²) in [4.78, 5) is 16.7. The first-order valence-corrected chi connectivity index (χ1v) is 7.48. The van der Waals surface area contributed by atoms with E-state index in [9.17, 15) is 4.79 Å². The number of Topliss-reactive ketones (excluding diaryl/α,β-unsaturated/α-hetero) is 1. The molecule has 0 fully saturated rings. The summed E-state index contributed by atoms with van der Waals surface area (Å²) < 4.78 is 2.26. The van der Waals surface area contributed by atoms with Crippen LogP contribution in [-0.2, 0) is 6.42 Å². The van der Waals surface area contributed by atoms with Gasteiger partial charge in [0, 0.05) is 28.9 Å². The topological polar surface area (TPSA) is 34.4 Å². The van der Waals surface area contributed by atoms with Crippen LogP contribution in [0.3, 0.4) is 0 Å². The average molecular weight is 274 g/mol. The first-order valence-electron chi connectivity index (χ1n) is 7.48. The summed E-state index contributed by atoms with van der Waals surface area (Å²) in [6.45, 7) is 0. The Morgan fingerprint density at radius 2 is 1.95 bits per heavy atom. The fraction of sp³-hybridized carbons (Fsp3) is 0.222. The van der Waals surface area contributed by atoms with Gasteiger partial charge in [-0.3, -0.25) is 9.78 Å². The number of fused-ring (bicyclic) bond motifs is 5. The first kappa shape index (κ1) is 11.3. The SMILES string of the molecule is O=C1CCc2c3cncc3n3c4c(ccc1c23)=CCCC=4. The van der Waals surface area contributed by atoms with Crippen molar-refractivity contribution in [2.75, 3.05) is 0 Å². The lowest BCUT2D eigenvalue weighted by Gasteiger charge is -2.10. The smallest absolute Gasteiger partial charge is 0.165 e. The van der Waals surface area contributed by atoms with Gasteiger partial charge in [0.1, 0.15) is 0 Å². The minimum absolute atomic E-state index is 0.257. The molecule has 3 heterocycles. The largest absolute Gasteiger partial charge is 0.307 e. The summed E-state index contributed by atoms with van der Waals surface area (Å²) in [6, 6.07) is 4.11. The van der Waals surface area contributed by atoms with Gasteiger partial charge in [0.05, 0.1) is 17.2 Å². The number of hydrogen-bond donors (Lipinski definition) is 0. The number of aromatic nitrogens is 2. The van der Waals surface area contributed by atoms with Crippen molar-refractivity contribution in [2.24, 2.45) is 0 Å². The van der Waals surface area contributed by atoms with Crippen LogP contribution in [0.15, 0.2) is 24.5 Å². The predicted molar refractivity (Wildman–Crippen MR) is 82.8 cm³/mol. The summed E-state index contributed by atoms with van der Waals surface area (Å²) >= 11 is 0. The van der Waals surface area contributed by atoms with E-state index < -0.39 is 0 Å². The van der Waals surface area contributed by atoms with Crippen molar-refractivity contribution in [3.63, 3.8) is 0 Å². The van der Waals surface area contributed by atoms with Crippen LogP contribution in [0.4, 0.5) is 0 Å². The van der Waals surface area contributed by atoms with E-state index in [1.807, 2.05) is 18.5 Å². The summed E-state index contributed by atoms with van der Waals surface area (Å²) in [5.74, 6) is 0.257. The highest BCUT2D eigenvalue weighted by molar-refractivity contribution is 6.09. The Labute approximate surface area is 121 Å². The molecule has 2 aliphatic carbocycles. The second-order valence-electron chi connectivity index (χ2n) is 5.87. The molecule has 3 aromatic heterocycles. The Kier molecular flexibility index (Phi) is 2.05. The standard InChI is InChI=1S/C18H14N2O/c21-17-8-7-12-14-9-19-10-16(14)20-15-4-2-1-3-11(15)5-6-13(17)18(12)20/h3-6,9-10H,1-2,7-8H2. The van der Waals surface area contributed by atoms with E-state index in [0.29, 0.717) is 6.42 Å². The Bertz CT molecular complexity index is 1060. The maximum Gasteiger partial charge on any atom is 0.165 e. The number of carbonyl (C=O) groups excluding carboxylic acids is 1. The third-order valence-corrected chi connectivity index (χ3v) is 4.74. The quantitative estimate of drug-likeness (QED) is 0.628. The minimum atomic E-state index is 0.257. The van der Waals surface area contributed by atoms with Gasteiger partial charge in [0.2, 0.25) is 0 Å². The lowest BCUT2D eigenvalue weighted by atomic mass is 9.95.